The van der Waals surface area contributed by atoms with E-state index in [-0.39, 0.29) is 22.0 Å². The van der Waals surface area contributed by atoms with Crippen molar-refractivity contribution in [2.75, 3.05) is 45.7 Å². The summed E-state index contributed by atoms with van der Waals surface area (Å²) in [6, 6.07) is 10.4. The molecule has 10 heteroatoms. The summed E-state index contributed by atoms with van der Waals surface area (Å²) in [6.45, 7) is 6.29. The molecule has 1 aromatic carbocycles. The zero-order valence-corrected chi connectivity index (χ0v) is 20.4. The van der Waals surface area contributed by atoms with Crippen LogP contribution in [-0.4, -0.2) is 74.1 Å². The number of hydrogen-bond donors (Lipinski definition) is 1. The van der Waals surface area contributed by atoms with Crippen molar-refractivity contribution in [1.82, 2.24) is 14.2 Å². The van der Waals surface area contributed by atoms with Gasteiger partial charge in [-0.3, -0.25) is 4.79 Å². The molecule has 1 aromatic heterocycles. The smallest absolute Gasteiger partial charge is 0.244 e. The van der Waals surface area contributed by atoms with Crippen LogP contribution in [0.4, 0.5) is 5.69 Å². The van der Waals surface area contributed by atoms with Crippen LogP contribution in [0, 0.1) is 5.92 Å². The summed E-state index contributed by atoms with van der Waals surface area (Å²) in [4.78, 5) is 19.5. The number of amides is 1. The fraction of sp³-hybridized carbons (Fsp3) is 0.455. The quantitative estimate of drug-likeness (QED) is 0.583. The lowest BCUT2D eigenvalue weighted by Crippen LogP contribution is -2.47. The predicted molar refractivity (Wildman–Crippen MR) is 127 cm³/mol. The molecule has 2 aromatic rings. The number of likely N-dealkylation sites (N-methyl/N-ethyl adjacent to an activating group) is 1. The molecule has 2 heterocycles. The number of carbonyl (C=O) groups is 1. The number of benzene rings is 1. The molecule has 0 spiro atoms. The van der Waals surface area contributed by atoms with Gasteiger partial charge >= 0.3 is 0 Å². The van der Waals surface area contributed by atoms with E-state index in [4.69, 9.17) is 4.74 Å². The van der Waals surface area contributed by atoms with E-state index in [2.05, 4.69) is 15.2 Å². The minimum absolute atomic E-state index is 0.0498. The van der Waals surface area contributed by atoms with Crippen LogP contribution in [-0.2, 0) is 14.8 Å². The number of ether oxygens (including phenoxy) is 1. The lowest BCUT2D eigenvalue weighted by Gasteiger charge is -2.31. The topological polar surface area (TPSA) is 91.8 Å². The second kappa shape index (κ2) is 10.7. The molecule has 1 aliphatic heterocycles. The lowest BCUT2D eigenvalue weighted by atomic mass is 10.1. The SMILES string of the molecule is COc1ccc(NC(=O)[C@@H](Sc2ccc(S(=O)(=O)N3CCN(C)CC3)cn2)C(C)C)cc1. The Morgan fingerprint density at radius 1 is 1.09 bits per heavy atom. The van der Waals surface area contributed by atoms with E-state index < -0.39 is 10.0 Å². The van der Waals surface area contributed by atoms with Crippen molar-refractivity contribution in [2.24, 2.45) is 5.92 Å². The maximum absolute atomic E-state index is 12.9. The summed E-state index contributed by atoms with van der Waals surface area (Å²) in [7, 11) is 0.00613. The van der Waals surface area contributed by atoms with Gasteiger partial charge in [-0.15, -0.1) is 0 Å². The molecule has 174 valence electrons. The number of sulfonamides is 1. The monoisotopic (exact) mass is 478 g/mol. The van der Waals surface area contributed by atoms with Crippen LogP contribution in [0.3, 0.4) is 0 Å². The predicted octanol–water partition coefficient (Wildman–Crippen LogP) is 2.78. The summed E-state index contributed by atoms with van der Waals surface area (Å²) in [6.07, 6.45) is 1.38. The molecule has 0 aliphatic carbocycles. The first-order valence-electron chi connectivity index (χ1n) is 10.5. The van der Waals surface area contributed by atoms with Gasteiger partial charge in [-0.25, -0.2) is 13.4 Å². The van der Waals surface area contributed by atoms with E-state index in [0.29, 0.717) is 42.6 Å². The Morgan fingerprint density at radius 2 is 1.75 bits per heavy atom. The molecular weight excluding hydrogens is 448 g/mol. The van der Waals surface area contributed by atoms with Crippen LogP contribution in [0.1, 0.15) is 13.8 Å². The molecule has 1 fully saturated rings. The van der Waals surface area contributed by atoms with Gasteiger partial charge in [0.15, 0.2) is 0 Å². The van der Waals surface area contributed by atoms with E-state index >= 15 is 0 Å². The van der Waals surface area contributed by atoms with E-state index in [1.165, 1.54) is 22.3 Å². The minimum Gasteiger partial charge on any atom is -0.497 e. The maximum atomic E-state index is 12.9. The van der Waals surface area contributed by atoms with Crippen molar-refractivity contribution in [3.05, 3.63) is 42.6 Å². The standard InChI is InChI=1S/C22H30N4O4S2/c1-16(2)21(22(27)24-17-5-7-18(30-4)8-6-17)31-20-10-9-19(15-23-20)32(28,29)26-13-11-25(3)12-14-26/h5-10,15-16,21H,11-14H2,1-4H3,(H,24,27)/t21-/m0/s1. The van der Waals surface area contributed by atoms with Gasteiger partial charge in [-0.05, 0) is 49.4 Å². The Labute approximate surface area is 194 Å². The molecule has 0 unspecified atom stereocenters. The molecule has 1 amide bonds. The Balaban J connectivity index is 1.67. The molecule has 1 aliphatic rings. The molecule has 1 saturated heterocycles. The molecule has 8 nitrogen and oxygen atoms in total. The van der Waals surface area contributed by atoms with Crippen molar-refractivity contribution < 1.29 is 17.9 Å². The molecule has 1 atom stereocenters. The van der Waals surface area contributed by atoms with E-state index in [1.807, 2.05) is 20.9 Å². The highest BCUT2D eigenvalue weighted by molar-refractivity contribution is 8.00. The molecule has 1 N–H and O–H groups in total. The van der Waals surface area contributed by atoms with E-state index in [0.717, 1.165) is 0 Å². The summed E-state index contributed by atoms with van der Waals surface area (Å²) >= 11 is 1.32. The number of nitrogens with one attached hydrogen (secondary N) is 1. The van der Waals surface area contributed by atoms with Gasteiger partial charge in [-0.2, -0.15) is 4.31 Å². The molecular formula is C22H30N4O4S2. The molecule has 0 saturated carbocycles. The number of anilines is 1. The fourth-order valence-electron chi connectivity index (χ4n) is 3.28. The highest BCUT2D eigenvalue weighted by atomic mass is 32.2. The number of rotatable bonds is 8. The molecule has 0 bridgehead atoms. The average Bonchev–Trinajstić information content (AvgIpc) is 2.78. The number of thioether (sulfide) groups is 1. The first kappa shape index (κ1) is 24.5. The minimum atomic E-state index is -3.56. The Bertz CT molecular complexity index is 1000. The van der Waals surface area contributed by atoms with Crippen molar-refractivity contribution in [3.8, 4) is 5.75 Å². The maximum Gasteiger partial charge on any atom is 0.244 e. The first-order chi connectivity index (χ1) is 15.2. The molecule has 3 rings (SSSR count). The lowest BCUT2D eigenvalue weighted by molar-refractivity contribution is -0.116. The number of carbonyl (C=O) groups excluding carboxylic acids is 1. The fourth-order valence-corrected chi connectivity index (χ4v) is 5.60. The van der Waals surface area contributed by atoms with Gasteiger partial charge in [-0.1, -0.05) is 25.6 Å². The van der Waals surface area contributed by atoms with Crippen molar-refractivity contribution in [3.63, 3.8) is 0 Å². The average molecular weight is 479 g/mol. The third-order valence-electron chi connectivity index (χ3n) is 5.28. The van der Waals surface area contributed by atoms with Crippen LogP contribution in [0.25, 0.3) is 0 Å². The third kappa shape index (κ3) is 6.00. The number of piperazine rings is 1. The van der Waals surface area contributed by atoms with Crippen LogP contribution in [0.2, 0.25) is 0 Å². The van der Waals surface area contributed by atoms with Crippen LogP contribution < -0.4 is 10.1 Å². The van der Waals surface area contributed by atoms with E-state index in [1.54, 1.807) is 43.5 Å². The zero-order valence-electron chi connectivity index (χ0n) is 18.8. The highest BCUT2D eigenvalue weighted by Crippen LogP contribution is 2.29. The summed E-state index contributed by atoms with van der Waals surface area (Å²) in [5.74, 6) is 0.633. The number of hydrogen-bond acceptors (Lipinski definition) is 7. The van der Waals surface area contributed by atoms with Gasteiger partial charge in [0.25, 0.3) is 0 Å². The van der Waals surface area contributed by atoms with Crippen LogP contribution in [0.15, 0.2) is 52.5 Å². The third-order valence-corrected chi connectivity index (χ3v) is 8.66. The summed E-state index contributed by atoms with van der Waals surface area (Å²) < 4.78 is 32.4. The second-order valence-corrected chi connectivity index (χ2v) is 11.1. The molecule has 0 radical (unpaired) electrons. The van der Waals surface area contributed by atoms with Gasteiger partial charge in [0.05, 0.1) is 17.4 Å². The van der Waals surface area contributed by atoms with Gasteiger partial charge in [0.2, 0.25) is 15.9 Å². The van der Waals surface area contributed by atoms with E-state index in [9.17, 15) is 13.2 Å². The Morgan fingerprint density at radius 3 is 2.28 bits per heavy atom. The summed E-state index contributed by atoms with van der Waals surface area (Å²) in [5, 5.41) is 3.15. The number of methoxy groups -OCH3 is 1. The number of aromatic nitrogens is 1. The van der Waals surface area contributed by atoms with Crippen molar-refractivity contribution in [2.45, 2.75) is 29.0 Å². The van der Waals surface area contributed by atoms with Crippen molar-refractivity contribution in [1.29, 1.82) is 0 Å². The highest BCUT2D eigenvalue weighted by Gasteiger charge is 2.28. The van der Waals surface area contributed by atoms with Gasteiger partial charge in [0, 0.05) is 38.1 Å². The molecule has 32 heavy (non-hydrogen) atoms. The number of pyridine rings is 1. The Hall–Kier alpha value is -2.14. The largest absolute Gasteiger partial charge is 0.497 e. The van der Waals surface area contributed by atoms with Gasteiger partial charge < -0.3 is 15.0 Å². The normalized spacial score (nSPS) is 16.7. The van der Waals surface area contributed by atoms with Gasteiger partial charge in [0.1, 0.15) is 10.6 Å². The number of nitrogens with zero attached hydrogens (tertiary/aromatic N) is 3. The zero-order chi connectivity index (χ0) is 23.3. The van der Waals surface area contributed by atoms with Crippen LogP contribution in [0.5, 0.6) is 5.75 Å². The van der Waals surface area contributed by atoms with Crippen LogP contribution >= 0.6 is 11.8 Å². The van der Waals surface area contributed by atoms with Crippen molar-refractivity contribution >= 4 is 33.4 Å². The summed E-state index contributed by atoms with van der Waals surface area (Å²) in [5.41, 5.74) is 0.684. The Kier molecular flexibility index (Phi) is 8.16. The first-order valence-corrected chi connectivity index (χ1v) is 12.8. The second-order valence-electron chi connectivity index (χ2n) is 8.04.